The number of unbranched alkanes of at least 4 members (excludes halogenated alkanes) is 18. The molecule has 13 nitrogen and oxygen atoms in total. The van der Waals surface area contributed by atoms with E-state index in [0.717, 1.165) is 19.3 Å². The Kier molecular flexibility index (Phi) is 38.5. The summed E-state index contributed by atoms with van der Waals surface area (Å²) in [7, 11) is -4.09. The van der Waals surface area contributed by atoms with Crippen LogP contribution in [0, 0.1) is 0 Å². The van der Waals surface area contributed by atoms with Gasteiger partial charge in [0.25, 0.3) is 0 Å². The fourth-order valence-corrected chi connectivity index (χ4v) is 7.00. The number of aliphatic hydroxyl groups excluding tert-OH is 1. The van der Waals surface area contributed by atoms with Gasteiger partial charge in [-0.25, -0.2) is 0 Å². The van der Waals surface area contributed by atoms with Gasteiger partial charge in [0, 0.05) is 31.3 Å². The molecule has 0 aromatic heterocycles. The van der Waals surface area contributed by atoms with Crippen molar-refractivity contribution in [2.24, 2.45) is 5.73 Å². The highest BCUT2D eigenvalue weighted by molar-refractivity contribution is 7.99. The Morgan fingerprint density at radius 2 is 1.15 bits per heavy atom. The number of nitrogens with two attached hydrogens (primary N) is 1. The predicted octanol–water partition coefficient (Wildman–Crippen LogP) is 6.09. The van der Waals surface area contributed by atoms with Crippen molar-refractivity contribution in [1.82, 2.24) is 10.6 Å². The van der Waals surface area contributed by atoms with Crippen LogP contribution in [0.3, 0.4) is 0 Å². The van der Waals surface area contributed by atoms with Gasteiger partial charge in [-0.1, -0.05) is 129 Å². The number of ether oxygens (including phenoxy) is 4. The molecule has 3 atom stereocenters. The van der Waals surface area contributed by atoms with Gasteiger partial charge in [-0.3, -0.25) is 14.2 Å². The first-order valence-electron chi connectivity index (χ1n) is 21.1. The van der Waals surface area contributed by atoms with E-state index in [1.54, 1.807) is 0 Å². The average Bonchev–Trinajstić information content (AvgIpc) is 3.14. The maximum Gasteiger partial charge on any atom is 0.327 e. The van der Waals surface area contributed by atoms with Crippen molar-refractivity contribution < 1.29 is 48.0 Å². The first-order valence-corrected chi connectivity index (χ1v) is 24.0. The normalized spacial score (nSPS) is 13.5. The third-order valence-corrected chi connectivity index (χ3v) is 11.0. The van der Waals surface area contributed by atoms with Gasteiger partial charge in [0.05, 0.1) is 57.9 Å². The van der Waals surface area contributed by atoms with E-state index < -0.39 is 38.1 Å². The monoisotopic (exact) mass is 814 g/mol. The summed E-state index contributed by atoms with van der Waals surface area (Å²) in [6.45, 7) is 6.36. The van der Waals surface area contributed by atoms with Crippen LogP contribution in [0.25, 0.3) is 0 Å². The largest absolute Gasteiger partial charge is 0.394 e. The molecular formula is C39H80N3O10PS. The Bertz CT molecular complexity index is 905. The Hall–Kier alpha value is -0.800. The summed E-state index contributed by atoms with van der Waals surface area (Å²) in [6.07, 6.45) is 25.0. The van der Waals surface area contributed by atoms with E-state index in [1.165, 1.54) is 121 Å². The van der Waals surface area contributed by atoms with Crippen LogP contribution in [0.2, 0.25) is 0 Å². The number of aliphatic hydroxyl groups is 1. The summed E-state index contributed by atoms with van der Waals surface area (Å²) in [6, 6.07) is -2.03. The number of hydrogen-bond acceptors (Lipinski definition) is 10. The van der Waals surface area contributed by atoms with Crippen LogP contribution >= 0.6 is 19.4 Å². The molecule has 0 rings (SSSR count). The van der Waals surface area contributed by atoms with Gasteiger partial charge in [-0.15, -0.1) is 0 Å². The Morgan fingerprint density at radius 1 is 0.648 bits per heavy atom. The third kappa shape index (κ3) is 36.8. The minimum Gasteiger partial charge on any atom is -0.394 e. The van der Waals surface area contributed by atoms with E-state index in [9.17, 15) is 19.3 Å². The van der Waals surface area contributed by atoms with Crippen molar-refractivity contribution >= 4 is 31.2 Å². The second-order valence-electron chi connectivity index (χ2n) is 14.2. The zero-order valence-corrected chi connectivity index (χ0v) is 35.7. The number of thioether (sulfide) groups is 1. The lowest BCUT2D eigenvalue weighted by Gasteiger charge is -2.21. The van der Waals surface area contributed by atoms with Crippen molar-refractivity contribution in [3.05, 3.63) is 0 Å². The smallest absolute Gasteiger partial charge is 0.327 e. The van der Waals surface area contributed by atoms with Crippen molar-refractivity contribution in [2.45, 2.75) is 160 Å². The van der Waals surface area contributed by atoms with Crippen LogP contribution in [0.5, 0.6) is 0 Å². The maximum atomic E-state index is 12.8. The second-order valence-corrected chi connectivity index (χ2v) is 17.1. The first-order chi connectivity index (χ1) is 26.1. The minimum absolute atomic E-state index is 0.0788. The molecule has 0 fully saturated rings. The lowest BCUT2D eigenvalue weighted by atomic mass is 10.1. The van der Waals surface area contributed by atoms with Crippen LogP contribution in [-0.4, -0.2) is 122 Å². The number of nitrogens with one attached hydrogen (secondary N) is 2. The molecule has 0 aromatic carbocycles. The highest BCUT2D eigenvalue weighted by atomic mass is 32.2. The third-order valence-electron chi connectivity index (χ3n) is 9.00. The molecule has 0 unspecified atom stereocenters. The quantitative estimate of drug-likeness (QED) is 0.0307. The van der Waals surface area contributed by atoms with Gasteiger partial charge in [-0.2, -0.15) is 11.8 Å². The van der Waals surface area contributed by atoms with Crippen LogP contribution in [0.4, 0.5) is 0 Å². The van der Waals surface area contributed by atoms with Crippen LogP contribution in [0.1, 0.15) is 142 Å². The SMILES string of the molecule is CCCCCCCCCCCCOC[C@H](CSC[C@H](N)C(=O)N[C@@H](CO)C(=O)NCCOCCOCCP(=O)(O)O)OCCCCCCCCCCCC. The molecular weight excluding hydrogens is 733 g/mol. The number of hydrogen-bond donors (Lipinski definition) is 6. The zero-order valence-electron chi connectivity index (χ0n) is 34.0. The summed E-state index contributed by atoms with van der Waals surface area (Å²) >= 11 is 1.52. The molecule has 322 valence electrons. The van der Waals surface area contributed by atoms with Gasteiger partial charge in [0.15, 0.2) is 0 Å². The first kappa shape index (κ1) is 53.2. The summed E-state index contributed by atoms with van der Waals surface area (Å²) in [4.78, 5) is 42.9. The van der Waals surface area contributed by atoms with E-state index in [-0.39, 0.29) is 45.2 Å². The molecule has 7 N–H and O–H groups in total. The number of rotatable bonds is 42. The van der Waals surface area contributed by atoms with E-state index in [4.69, 9.17) is 34.5 Å². The van der Waals surface area contributed by atoms with Crippen LogP contribution in [-0.2, 0) is 33.1 Å². The predicted molar refractivity (Wildman–Crippen MR) is 220 cm³/mol. The molecule has 0 radical (unpaired) electrons. The van der Waals surface area contributed by atoms with Crippen molar-refractivity contribution in [3.63, 3.8) is 0 Å². The number of carbonyl (C=O) groups excluding carboxylic acids is 2. The van der Waals surface area contributed by atoms with Crippen molar-refractivity contribution in [3.8, 4) is 0 Å². The molecule has 0 bridgehead atoms. The molecule has 0 saturated carbocycles. The fourth-order valence-electron chi connectivity index (χ4n) is 5.64. The summed E-state index contributed by atoms with van der Waals surface area (Å²) < 4.78 is 33.5. The summed E-state index contributed by atoms with van der Waals surface area (Å²) in [5.41, 5.74) is 6.16. The molecule has 15 heteroatoms. The van der Waals surface area contributed by atoms with Gasteiger partial charge < -0.3 is 50.2 Å². The molecule has 2 amide bonds. The van der Waals surface area contributed by atoms with E-state index in [2.05, 4.69) is 24.5 Å². The molecule has 0 aliphatic carbocycles. The number of amides is 2. The maximum absolute atomic E-state index is 12.8. The van der Waals surface area contributed by atoms with E-state index in [0.29, 0.717) is 31.3 Å². The molecule has 54 heavy (non-hydrogen) atoms. The lowest BCUT2D eigenvalue weighted by Crippen LogP contribution is -2.54. The summed E-state index contributed by atoms with van der Waals surface area (Å²) in [5.74, 6) is -0.130. The van der Waals surface area contributed by atoms with E-state index >= 15 is 0 Å². The van der Waals surface area contributed by atoms with Gasteiger partial charge >= 0.3 is 7.60 Å². The molecule has 0 saturated heterocycles. The molecule has 0 aliphatic heterocycles. The highest BCUT2D eigenvalue weighted by Crippen LogP contribution is 2.33. The summed E-state index contributed by atoms with van der Waals surface area (Å²) in [5, 5.41) is 14.8. The molecule has 0 aromatic rings. The Balaban J connectivity index is 4.45. The second kappa shape index (κ2) is 39.0. The van der Waals surface area contributed by atoms with Crippen LogP contribution < -0.4 is 16.4 Å². The Labute approximate surface area is 332 Å². The van der Waals surface area contributed by atoms with Gasteiger partial charge in [0.1, 0.15) is 6.04 Å². The molecule has 0 aliphatic rings. The van der Waals surface area contributed by atoms with Gasteiger partial charge in [-0.05, 0) is 12.8 Å². The van der Waals surface area contributed by atoms with E-state index in [1.807, 2.05) is 0 Å². The zero-order chi connectivity index (χ0) is 40.0. The molecule has 0 spiro atoms. The standard InChI is InChI=1S/C39H80N3O10PS/c1-3-5-7-9-11-13-15-17-19-21-24-51-32-35(52-25-22-20-18-16-14-12-10-8-6-4-2)33-54-34-36(40)38(44)42-37(31-43)39(45)41-23-26-49-27-28-50-29-30-53(46,47)48/h35-37,43H,3-34,40H2,1-2H3,(H,41,45)(H,42,44)(H2,46,47,48)/t35-,36+,37+/m1/s1. The lowest BCUT2D eigenvalue weighted by molar-refractivity contribution is -0.130. The Morgan fingerprint density at radius 3 is 1.67 bits per heavy atom. The topological polar surface area (TPSA) is 199 Å². The van der Waals surface area contributed by atoms with Crippen molar-refractivity contribution in [1.29, 1.82) is 0 Å². The van der Waals surface area contributed by atoms with Crippen LogP contribution in [0.15, 0.2) is 0 Å². The number of carbonyl (C=O) groups is 2. The van der Waals surface area contributed by atoms with Gasteiger partial charge in [0.2, 0.25) is 11.8 Å². The highest BCUT2D eigenvalue weighted by Gasteiger charge is 2.23. The average molecular weight is 814 g/mol. The minimum atomic E-state index is -4.09. The fraction of sp³-hybridized carbons (Fsp3) is 0.949. The molecule has 0 heterocycles. The van der Waals surface area contributed by atoms with Crippen molar-refractivity contribution in [2.75, 3.05) is 77.1 Å².